The highest BCUT2D eigenvalue weighted by molar-refractivity contribution is 8.00. The van der Waals surface area contributed by atoms with Crippen LogP contribution in [0.2, 0.25) is 0 Å². The summed E-state index contributed by atoms with van der Waals surface area (Å²) in [5.74, 6) is -0.126. The number of amides is 2. The minimum atomic E-state index is -0.846. The van der Waals surface area contributed by atoms with Crippen molar-refractivity contribution in [1.29, 1.82) is 0 Å². The summed E-state index contributed by atoms with van der Waals surface area (Å²) in [7, 11) is 0. The molecule has 188 valence electrons. The normalized spacial score (nSPS) is 15.3. The highest BCUT2D eigenvalue weighted by Gasteiger charge is 2.40. The molecule has 0 aliphatic carbocycles. The molecule has 0 saturated carbocycles. The number of benzene rings is 3. The molecular weight excluding hydrogens is 480 g/mol. The van der Waals surface area contributed by atoms with E-state index in [-0.39, 0.29) is 17.6 Å². The lowest BCUT2D eigenvalue weighted by atomic mass is 10.0. The highest BCUT2D eigenvalue weighted by atomic mass is 32.2. The standard InChI is InChI=1S/C30H30N4O2S/c1-19-11-14-23(15-12-19)17-31-29(36)28-27-22(4)32-34(24-8-6-5-7-9-24)30(27)37-18-26(35)33(28)25-16-20(2)10-13-21(25)3/h5-16,28H,17-18H2,1-4H3,(H,31,36)/t28-/m0/s1. The Morgan fingerprint density at radius 1 is 0.973 bits per heavy atom. The summed E-state index contributed by atoms with van der Waals surface area (Å²) in [5, 5.41) is 8.76. The average Bonchev–Trinajstić information content (AvgIpc) is 3.13. The van der Waals surface area contributed by atoms with Crippen LogP contribution in [-0.4, -0.2) is 27.3 Å². The van der Waals surface area contributed by atoms with E-state index in [0.717, 1.165) is 49.9 Å². The fourth-order valence-corrected chi connectivity index (χ4v) is 5.76. The van der Waals surface area contributed by atoms with Crippen molar-refractivity contribution < 1.29 is 9.59 Å². The van der Waals surface area contributed by atoms with Crippen LogP contribution in [0, 0.1) is 27.7 Å². The van der Waals surface area contributed by atoms with Gasteiger partial charge >= 0.3 is 0 Å². The first kappa shape index (κ1) is 24.8. The molecule has 0 saturated heterocycles. The maximum Gasteiger partial charge on any atom is 0.248 e. The summed E-state index contributed by atoms with van der Waals surface area (Å²) in [4.78, 5) is 29.4. The topological polar surface area (TPSA) is 67.2 Å². The SMILES string of the molecule is Cc1ccc(CNC(=O)[C@@H]2c3c(C)nn(-c4ccccc4)c3SCC(=O)N2c2cc(C)ccc2C)cc1. The van der Waals surface area contributed by atoms with Crippen molar-refractivity contribution in [1.82, 2.24) is 15.1 Å². The number of nitrogens with zero attached hydrogens (tertiary/aromatic N) is 3. The molecule has 0 radical (unpaired) electrons. The predicted molar refractivity (Wildman–Crippen MR) is 148 cm³/mol. The molecule has 5 rings (SSSR count). The highest BCUT2D eigenvalue weighted by Crippen LogP contribution is 2.41. The molecule has 2 amide bonds. The molecular formula is C30H30N4O2S. The van der Waals surface area contributed by atoms with Crippen LogP contribution in [0.15, 0.2) is 77.8 Å². The number of hydrogen-bond donors (Lipinski definition) is 1. The third-order valence-corrected chi connectivity index (χ3v) is 7.71. The van der Waals surface area contributed by atoms with Crippen LogP contribution in [0.25, 0.3) is 5.69 Å². The molecule has 7 heteroatoms. The summed E-state index contributed by atoms with van der Waals surface area (Å²) in [6.45, 7) is 8.29. The number of rotatable bonds is 5. The third-order valence-electron chi connectivity index (χ3n) is 6.66. The lowest BCUT2D eigenvalue weighted by molar-refractivity contribution is -0.126. The van der Waals surface area contributed by atoms with E-state index in [4.69, 9.17) is 5.10 Å². The molecule has 4 aromatic rings. The van der Waals surface area contributed by atoms with E-state index in [1.807, 2.05) is 105 Å². The largest absolute Gasteiger partial charge is 0.350 e. The van der Waals surface area contributed by atoms with Gasteiger partial charge in [-0.25, -0.2) is 4.68 Å². The molecule has 37 heavy (non-hydrogen) atoms. The first-order chi connectivity index (χ1) is 17.8. The van der Waals surface area contributed by atoms with Crippen molar-refractivity contribution in [3.63, 3.8) is 0 Å². The molecule has 1 aromatic heterocycles. The Bertz CT molecular complexity index is 1460. The van der Waals surface area contributed by atoms with Gasteiger partial charge in [-0.1, -0.05) is 71.9 Å². The molecule has 1 aliphatic rings. The molecule has 1 aliphatic heterocycles. The van der Waals surface area contributed by atoms with E-state index in [0.29, 0.717) is 6.54 Å². The minimum Gasteiger partial charge on any atom is -0.350 e. The number of aryl methyl sites for hydroxylation is 4. The van der Waals surface area contributed by atoms with E-state index in [1.54, 1.807) is 4.90 Å². The van der Waals surface area contributed by atoms with Gasteiger partial charge in [-0.2, -0.15) is 5.10 Å². The van der Waals surface area contributed by atoms with Crippen molar-refractivity contribution in [3.8, 4) is 5.69 Å². The predicted octanol–water partition coefficient (Wildman–Crippen LogP) is 5.60. The number of thioether (sulfide) groups is 1. The zero-order valence-corrected chi connectivity index (χ0v) is 22.3. The smallest absolute Gasteiger partial charge is 0.248 e. The van der Waals surface area contributed by atoms with Gasteiger partial charge in [-0.3, -0.25) is 14.5 Å². The van der Waals surface area contributed by atoms with E-state index < -0.39 is 6.04 Å². The zero-order chi connectivity index (χ0) is 26.1. The lowest BCUT2D eigenvalue weighted by Gasteiger charge is -2.31. The molecule has 0 bridgehead atoms. The van der Waals surface area contributed by atoms with Gasteiger partial charge in [0.1, 0.15) is 11.1 Å². The Balaban J connectivity index is 1.63. The van der Waals surface area contributed by atoms with E-state index in [9.17, 15) is 9.59 Å². The van der Waals surface area contributed by atoms with E-state index >= 15 is 0 Å². The Labute approximate surface area is 221 Å². The van der Waals surface area contributed by atoms with Gasteiger partial charge < -0.3 is 5.32 Å². The summed E-state index contributed by atoms with van der Waals surface area (Å²) >= 11 is 1.43. The first-order valence-corrected chi connectivity index (χ1v) is 13.3. The van der Waals surface area contributed by atoms with Crippen LogP contribution in [0.3, 0.4) is 0 Å². The molecule has 1 N–H and O–H groups in total. The molecule has 6 nitrogen and oxygen atoms in total. The molecule has 0 fully saturated rings. The number of aromatic nitrogens is 2. The second-order valence-electron chi connectivity index (χ2n) is 9.50. The van der Waals surface area contributed by atoms with Crippen molar-refractivity contribution in [3.05, 3.63) is 106 Å². The number of hydrogen-bond acceptors (Lipinski definition) is 4. The van der Waals surface area contributed by atoms with Gasteiger partial charge in [0.05, 0.1) is 17.1 Å². The second kappa shape index (κ2) is 10.3. The number of carbonyl (C=O) groups is 2. The van der Waals surface area contributed by atoms with Gasteiger partial charge in [0.15, 0.2) is 0 Å². The number of fused-ring (bicyclic) bond motifs is 1. The molecule has 3 aromatic carbocycles. The number of anilines is 1. The third kappa shape index (κ3) is 4.91. The summed E-state index contributed by atoms with van der Waals surface area (Å²) in [5.41, 5.74) is 7.28. The maximum absolute atomic E-state index is 14.0. The Kier molecular flexibility index (Phi) is 6.89. The second-order valence-corrected chi connectivity index (χ2v) is 10.5. The molecule has 1 atom stereocenters. The van der Waals surface area contributed by atoms with Crippen molar-refractivity contribution in [2.75, 3.05) is 10.7 Å². The number of nitrogens with one attached hydrogen (secondary N) is 1. The van der Waals surface area contributed by atoms with Gasteiger partial charge in [0.25, 0.3) is 0 Å². The summed E-state index contributed by atoms with van der Waals surface area (Å²) in [6, 6.07) is 23.1. The summed E-state index contributed by atoms with van der Waals surface area (Å²) in [6.07, 6.45) is 0. The van der Waals surface area contributed by atoms with Crippen LogP contribution in [0.1, 0.15) is 39.6 Å². The van der Waals surface area contributed by atoms with Crippen molar-refractivity contribution in [2.24, 2.45) is 0 Å². The quantitative estimate of drug-likeness (QED) is 0.379. The molecule has 2 heterocycles. The number of carbonyl (C=O) groups excluding carboxylic acids is 2. The van der Waals surface area contributed by atoms with Gasteiger partial charge in [0, 0.05) is 17.8 Å². The summed E-state index contributed by atoms with van der Waals surface area (Å²) < 4.78 is 1.86. The fraction of sp³-hybridized carbons (Fsp3) is 0.233. The van der Waals surface area contributed by atoms with Crippen LogP contribution in [0.5, 0.6) is 0 Å². The van der Waals surface area contributed by atoms with Crippen LogP contribution >= 0.6 is 11.8 Å². The Hall–Kier alpha value is -3.84. The monoisotopic (exact) mass is 510 g/mol. The van der Waals surface area contributed by atoms with Crippen LogP contribution in [0.4, 0.5) is 5.69 Å². The van der Waals surface area contributed by atoms with Gasteiger partial charge in [-0.05, 0) is 62.6 Å². The van der Waals surface area contributed by atoms with Crippen LogP contribution < -0.4 is 10.2 Å². The van der Waals surface area contributed by atoms with Crippen molar-refractivity contribution >= 4 is 29.3 Å². The van der Waals surface area contributed by atoms with E-state index in [1.165, 1.54) is 11.8 Å². The van der Waals surface area contributed by atoms with Crippen molar-refractivity contribution in [2.45, 2.75) is 45.3 Å². The Morgan fingerprint density at radius 2 is 1.68 bits per heavy atom. The zero-order valence-electron chi connectivity index (χ0n) is 21.5. The van der Waals surface area contributed by atoms with Gasteiger partial charge in [0.2, 0.25) is 11.8 Å². The average molecular weight is 511 g/mol. The van der Waals surface area contributed by atoms with Gasteiger partial charge in [-0.15, -0.1) is 0 Å². The fourth-order valence-electron chi connectivity index (χ4n) is 4.68. The maximum atomic E-state index is 14.0. The molecule has 0 unspecified atom stereocenters. The van der Waals surface area contributed by atoms with Crippen LogP contribution in [-0.2, 0) is 16.1 Å². The Morgan fingerprint density at radius 3 is 2.41 bits per heavy atom. The lowest BCUT2D eigenvalue weighted by Crippen LogP contribution is -2.44. The first-order valence-electron chi connectivity index (χ1n) is 12.3. The molecule has 0 spiro atoms. The number of para-hydroxylation sites is 1. The minimum absolute atomic E-state index is 0.107. The van der Waals surface area contributed by atoms with E-state index in [2.05, 4.69) is 5.32 Å².